The first-order chi connectivity index (χ1) is 24.3. The average Bonchev–Trinajstić information content (AvgIpc) is 3.71. The summed E-state index contributed by atoms with van der Waals surface area (Å²) >= 11 is -4.60. The first-order valence-corrected chi connectivity index (χ1v) is 30.2. The van der Waals surface area contributed by atoms with Crippen molar-refractivity contribution in [1.82, 2.24) is 0 Å². The minimum atomic E-state index is -4.60. The van der Waals surface area contributed by atoms with Crippen LogP contribution in [0.15, 0.2) is 132 Å². The standard InChI is InChI=1S/2C22H19.C2H7Si.2ClH.Ti/c2*1-2-7-16-14-18-10-6-13-21(22(18)15-16)20-12-5-9-17-8-3-4-11-19(17)20;1-3-2;;;/h2*3-6,8-15H,2,7H2,1H3;3H,1-2H3;2*1H;/q;;;;;+2/p-2. The van der Waals surface area contributed by atoms with Crippen LogP contribution in [0.3, 0.4) is 0 Å². The van der Waals surface area contributed by atoms with E-state index < -0.39 is 19.1 Å². The van der Waals surface area contributed by atoms with Gasteiger partial charge in [0.05, 0.1) is 0 Å². The summed E-state index contributed by atoms with van der Waals surface area (Å²) in [7, 11) is 17.6. The third-order valence-electron chi connectivity index (χ3n) is 11.7. The van der Waals surface area contributed by atoms with Gasteiger partial charge in [-0.05, 0) is 0 Å². The van der Waals surface area contributed by atoms with E-state index >= 15 is 0 Å². The molecule has 251 valence electrons. The van der Waals surface area contributed by atoms with Gasteiger partial charge in [0.25, 0.3) is 0 Å². The SMILES string of the molecule is CCCC1=Cc2c(-c3cccc4ccccc34)cccc2[CH]1[Ti]([Cl])([Cl])([CH]1C(CCC)=Cc2c(-c3cccc4ccccc34)cccc21)[SiH](C)C. The summed E-state index contributed by atoms with van der Waals surface area (Å²) in [5.74, 6) is 0. The molecule has 2 aliphatic carbocycles. The molecule has 0 amide bonds. The van der Waals surface area contributed by atoms with E-state index in [2.05, 4.69) is 160 Å². The van der Waals surface area contributed by atoms with Crippen LogP contribution in [-0.4, -0.2) is 6.66 Å². The first-order valence-electron chi connectivity index (χ1n) is 18.5. The molecule has 2 unspecified atom stereocenters. The van der Waals surface area contributed by atoms with Crippen molar-refractivity contribution in [3.05, 3.63) is 155 Å². The van der Waals surface area contributed by atoms with Gasteiger partial charge >= 0.3 is 309 Å². The van der Waals surface area contributed by atoms with Gasteiger partial charge in [-0.25, -0.2) is 0 Å². The fourth-order valence-electron chi connectivity index (χ4n) is 9.47. The van der Waals surface area contributed by atoms with Crippen LogP contribution < -0.4 is 0 Å². The number of hydrogen-bond donors (Lipinski definition) is 0. The summed E-state index contributed by atoms with van der Waals surface area (Å²) < 4.78 is 0.147. The quantitative estimate of drug-likeness (QED) is 0.129. The molecule has 0 heterocycles. The Hall–Kier alpha value is -3.17. The van der Waals surface area contributed by atoms with Crippen LogP contribution in [0.25, 0.3) is 56.0 Å². The van der Waals surface area contributed by atoms with E-state index in [4.69, 9.17) is 18.6 Å². The summed E-state index contributed by atoms with van der Waals surface area (Å²) in [5, 5.41) is 5.10. The fraction of sp³-hybridized carbons (Fsp3) is 0.217. The van der Waals surface area contributed by atoms with Crippen molar-refractivity contribution in [2.45, 2.75) is 61.1 Å². The summed E-state index contributed by atoms with van der Waals surface area (Å²) in [6, 6.07) is 44.8. The predicted octanol–water partition coefficient (Wildman–Crippen LogP) is 14.5. The molecule has 0 saturated carbocycles. The molecule has 0 fully saturated rings. The van der Waals surface area contributed by atoms with Crippen LogP contribution in [-0.2, 0) is 12.4 Å². The van der Waals surface area contributed by atoms with Crippen LogP contribution in [0.2, 0.25) is 13.1 Å². The van der Waals surface area contributed by atoms with Gasteiger partial charge in [-0.2, -0.15) is 0 Å². The molecule has 0 nitrogen and oxygen atoms in total. The van der Waals surface area contributed by atoms with Crippen molar-refractivity contribution in [1.29, 1.82) is 0 Å². The average molecular weight is 745 g/mol. The fourth-order valence-corrected chi connectivity index (χ4v) is 30.6. The van der Waals surface area contributed by atoms with Gasteiger partial charge in [0, 0.05) is 0 Å². The van der Waals surface area contributed by atoms with Crippen molar-refractivity contribution >= 4 is 59.0 Å². The molecular weight excluding hydrogens is 699 g/mol. The number of halogens is 2. The maximum absolute atomic E-state index is 8.78. The Morgan fingerprint density at radius 1 is 0.500 bits per heavy atom. The Kier molecular flexibility index (Phi) is 8.90. The van der Waals surface area contributed by atoms with E-state index in [1.165, 1.54) is 77.2 Å². The summed E-state index contributed by atoms with van der Waals surface area (Å²) in [6.07, 6.45) is 9.18. The molecule has 0 radical (unpaired) electrons. The van der Waals surface area contributed by atoms with Crippen LogP contribution >= 0.6 is 18.6 Å². The van der Waals surface area contributed by atoms with Crippen LogP contribution in [0.4, 0.5) is 0 Å². The third kappa shape index (κ3) is 5.19. The Bertz CT molecular complexity index is 2180. The molecule has 6 aromatic rings. The molecule has 2 aliphatic rings. The second-order valence-electron chi connectivity index (χ2n) is 14.9. The van der Waals surface area contributed by atoms with Gasteiger partial charge in [-0.15, -0.1) is 0 Å². The summed E-state index contributed by atoms with van der Waals surface area (Å²) in [5.41, 5.74) is 13.4. The molecule has 50 heavy (non-hydrogen) atoms. The van der Waals surface area contributed by atoms with Crippen molar-refractivity contribution in [3.63, 3.8) is 0 Å². The number of rotatable bonds is 9. The molecule has 0 N–H and O–H groups in total. The third-order valence-corrected chi connectivity index (χ3v) is 47.0. The van der Waals surface area contributed by atoms with Gasteiger partial charge in [0.1, 0.15) is 0 Å². The Balaban J connectivity index is 1.36. The van der Waals surface area contributed by atoms with E-state index in [0.717, 1.165) is 25.7 Å². The maximum atomic E-state index is 8.78. The van der Waals surface area contributed by atoms with Crippen molar-refractivity contribution in [2.75, 3.05) is 0 Å². The Labute approximate surface area is 307 Å². The topological polar surface area (TPSA) is 0 Å². The molecule has 4 heteroatoms. The van der Waals surface area contributed by atoms with Crippen molar-refractivity contribution in [3.8, 4) is 22.3 Å². The van der Waals surface area contributed by atoms with E-state index in [1.807, 2.05) is 0 Å². The number of hydrogen-bond acceptors (Lipinski definition) is 0. The Morgan fingerprint density at radius 3 is 1.30 bits per heavy atom. The summed E-state index contributed by atoms with van der Waals surface area (Å²) in [4.78, 5) is 0. The molecular formula is C46H45Cl2SiTi. The van der Waals surface area contributed by atoms with Gasteiger partial charge < -0.3 is 0 Å². The van der Waals surface area contributed by atoms with Crippen LogP contribution in [0.5, 0.6) is 0 Å². The second kappa shape index (κ2) is 13.1. The van der Waals surface area contributed by atoms with Gasteiger partial charge in [0.15, 0.2) is 0 Å². The molecule has 0 spiro atoms. The zero-order chi connectivity index (χ0) is 34.6. The molecule has 2 atom stereocenters. The van der Waals surface area contributed by atoms with E-state index in [9.17, 15) is 0 Å². The molecule has 8 rings (SSSR count). The zero-order valence-corrected chi connectivity index (χ0v) is 33.7. The van der Waals surface area contributed by atoms with Gasteiger partial charge in [0.2, 0.25) is 0 Å². The predicted molar refractivity (Wildman–Crippen MR) is 221 cm³/mol. The van der Waals surface area contributed by atoms with E-state index in [1.54, 1.807) is 0 Å². The molecule has 0 aliphatic heterocycles. The molecule has 6 aromatic carbocycles. The molecule has 0 bridgehead atoms. The molecule has 0 aromatic heterocycles. The van der Waals surface area contributed by atoms with Crippen LogP contribution in [0.1, 0.15) is 70.2 Å². The van der Waals surface area contributed by atoms with Crippen molar-refractivity contribution < 1.29 is 12.4 Å². The van der Waals surface area contributed by atoms with E-state index in [-0.39, 0.29) is 8.45 Å². The minimum absolute atomic E-state index is 0.0734. The van der Waals surface area contributed by atoms with Crippen LogP contribution in [0, 0.1) is 0 Å². The normalized spacial score (nSPS) is 17.8. The summed E-state index contributed by atoms with van der Waals surface area (Å²) in [6.45, 7) is 7.84. The monoisotopic (exact) mass is 743 g/mol. The van der Waals surface area contributed by atoms with Gasteiger partial charge in [-0.1, -0.05) is 0 Å². The van der Waals surface area contributed by atoms with Gasteiger partial charge in [-0.3, -0.25) is 0 Å². The second-order valence-corrected chi connectivity index (χ2v) is 44.1. The molecule has 0 saturated heterocycles. The van der Waals surface area contributed by atoms with Crippen molar-refractivity contribution in [2.24, 2.45) is 0 Å². The van der Waals surface area contributed by atoms with E-state index in [0.29, 0.717) is 0 Å². The number of allylic oxidation sites excluding steroid dienone is 2. The number of fused-ring (bicyclic) bond motifs is 4. The first kappa shape index (κ1) is 33.9. The Morgan fingerprint density at radius 2 is 0.880 bits per heavy atom. The zero-order valence-electron chi connectivity index (χ0n) is 29.5. The number of benzene rings is 6.